The molecule has 0 aliphatic carbocycles. The Labute approximate surface area is 170 Å². The fourth-order valence-corrected chi connectivity index (χ4v) is 3.93. The number of nitro benzene ring substituents is 1. The lowest BCUT2D eigenvalue weighted by molar-refractivity contribution is -0.384. The van der Waals surface area contributed by atoms with Gasteiger partial charge in [0.05, 0.1) is 16.9 Å². The SMILES string of the molecule is Cc1ccc(C)c(NC(=O)CCCN(c2cc([N+](=O)[O-])ccc2C)S(C)(=O)=O)c1. The number of carbonyl (C=O) groups is 1. The van der Waals surface area contributed by atoms with Gasteiger partial charge in [0.15, 0.2) is 0 Å². The minimum atomic E-state index is -3.67. The van der Waals surface area contributed by atoms with E-state index >= 15 is 0 Å². The Bertz CT molecular complexity index is 1030. The maximum absolute atomic E-state index is 12.3. The predicted molar refractivity (Wildman–Crippen MR) is 114 cm³/mol. The number of hydrogen-bond acceptors (Lipinski definition) is 5. The number of benzene rings is 2. The highest BCUT2D eigenvalue weighted by Gasteiger charge is 2.22. The van der Waals surface area contributed by atoms with E-state index in [4.69, 9.17) is 0 Å². The highest BCUT2D eigenvalue weighted by Crippen LogP contribution is 2.28. The lowest BCUT2D eigenvalue weighted by atomic mass is 10.1. The van der Waals surface area contributed by atoms with Gasteiger partial charge in [-0.2, -0.15) is 0 Å². The normalized spacial score (nSPS) is 11.2. The first-order valence-corrected chi connectivity index (χ1v) is 10.9. The zero-order chi connectivity index (χ0) is 21.8. The van der Waals surface area contributed by atoms with Gasteiger partial charge in [0.1, 0.15) is 0 Å². The molecule has 9 heteroatoms. The lowest BCUT2D eigenvalue weighted by Crippen LogP contribution is -2.32. The number of hydrogen-bond donors (Lipinski definition) is 1. The molecule has 29 heavy (non-hydrogen) atoms. The minimum Gasteiger partial charge on any atom is -0.326 e. The van der Waals surface area contributed by atoms with Crippen LogP contribution in [-0.2, 0) is 14.8 Å². The van der Waals surface area contributed by atoms with Crippen molar-refractivity contribution in [3.63, 3.8) is 0 Å². The highest BCUT2D eigenvalue weighted by atomic mass is 32.2. The van der Waals surface area contributed by atoms with E-state index in [-0.39, 0.29) is 36.7 Å². The van der Waals surface area contributed by atoms with E-state index in [9.17, 15) is 23.3 Å². The first-order valence-electron chi connectivity index (χ1n) is 9.09. The Balaban J connectivity index is 2.11. The molecule has 0 saturated heterocycles. The van der Waals surface area contributed by atoms with Gasteiger partial charge in [-0.05, 0) is 49.9 Å². The summed E-state index contributed by atoms with van der Waals surface area (Å²) in [5, 5.41) is 13.9. The molecule has 2 aromatic rings. The smallest absolute Gasteiger partial charge is 0.271 e. The molecule has 1 amide bonds. The molecule has 0 aliphatic rings. The van der Waals surface area contributed by atoms with Crippen molar-refractivity contribution in [2.24, 2.45) is 0 Å². The second-order valence-electron chi connectivity index (χ2n) is 7.03. The van der Waals surface area contributed by atoms with Gasteiger partial charge in [0.25, 0.3) is 5.69 Å². The molecule has 0 atom stereocenters. The number of aryl methyl sites for hydroxylation is 3. The van der Waals surface area contributed by atoms with E-state index in [2.05, 4.69) is 5.32 Å². The van der Waals surface area contributed by atoms with Crippen LogP contribution in [-0.4, -0.2) is 32.0 Å². The molecular formula is C20H25N3O5S. The van der Waals surface area contributed by atoms with Crippen molar-refractivity contribution in [2.75, 3.05) is 22.4 Å². The molecule has 0 unspecified atom stereocenters. The van der Waals surface area contributed by atoms with Crippen LogP contribution in [0.5, 0.6) is 0 Å². The van der Waals surface area contributed by atoms with Gasteiger partial charge in [0, 0.05) is 30.8 Å². The number of nitrogens with one attached hydrogen (secondary N) is 1. The molecule has 2 rings (SSSR count). The third-order valence-corrected chi connectivity index (χ3v) is 5.68. The monoisotopic (exact) mass is 419 g/mol. The fourth-order valence-electron chi connectivity index (χ4n) is 2.91. The van der Waals surface area contributed by atoms with Crippen LogP contribution >= 0.6 is 0 Å². The first-order chi connectivity index (χ1) is 13.5. The Kier molecular flexibility index (Phi) is 6.97. The average Bonchev–Trinajstić information content (AvgIpc) is 2.61. The molecule has 8 nitrogen and oxygen atoms in total. The maximum atomic E-state index is 12.3. The number of amides is 1. The van der Waals surface area contributed by atoms with Crippen LogP contribution < -0.4 is 9.62 Å². The summed E-state index contributed by atoms with van der Waals surface area (Å²) in [5.74, 6) is -0.220. The molecule has 0 bridgehead atoms. The second-order valence-corrected chi connectivity index (χ2v) is 8.94. The highest BCUT2D eigenvalue weighted by molar-refractivity contribution is 7.92. The molecule has 0 fully saturated rings. The van der Waals surface area contributed by atoms with E-state index in [0.717, 1.165) is 27.4 Å². The number of nitro groups is 1. The third-order valence-electron chi connectivity index (χ3n) is 4.50. The van der Waals surface area contributed by atoms with Gasteiger partial charge in [-0.1, -0.05) is 18.2 Å². The van der Waals surface area contributed by atoms with E-state index in [1.54, 1.807) is 6.92 Å². The van der Waals surface area contributed by atoms with Crippen LogP contribution in [0.25, 0.3) is 0 Å². The Morgan fingerprint density at radius 1 is 1.10 bits per heavy atom. The van der Waals surface area contributed by atoms with Crippen LogP contribution in [0.1, 0.15) is 29.5 Å². The topological polar surface area (TPSA) is 110 Å². The van der Waals surface area contributed by atoms with E-state index in [1.807, 2.05) is 32.0 Å². The van der Waals surface area contributed by atoms with Crippen molar-refractivity contribution >= 4 is 33.0 Å². The van der Waals surface area contributed by atoms with Crippen LogP contribution in [0.3, 0.4) is 0 Å². The van der Waals surface area contributed by atoms with Crippen LogP contribution in [0, 0.1) is 30.9 Å². The zero-order valence-corrected chi connectivity index (χ0v) is 17.7. The van der Waals surface area contributed by atoms with Crippen molar-refractivity contribution in [3.8, 4) is 0 Å². The zero-order valence-electron chi connectivity index (χ0n) is 16.9. The maximum Gasteiger partial charge on any atom is 0.271 e. The van der Waals surface area contributed by atoms with Crippen LogP contribution in [0.15, 0.2) is 36.4 Å². The minimum absolute atomic E-state index is 0.0427. The van der Waals surface area contributed by atoms with Crippen LogP contribution in [0.2, 0.25) is 0 Å². The lowest BCUT2D eigenvalue weighted by Gasteiger charge is -2.24. The molecule has 0 spiro atoms. The summed E-state index contributed by atoms with van der Waals surface area (Å²) in [4.78, 5) is 22.8. The molecule has 156 valence electrons. The molecular weight excluding hydrogens is 394 g/mol. The number of sulfonamides is 1. The van der Waals surface area contributed by atoms with Gasteiger partial charge in [0.2, 0.25) is 15.9 Å². The molecule has 1 N–H and O–H groups in total. The van der Waals surface area contributed by atoms with Gasteiger partial charge in [-0.15, -0.1) is 0 Å². The Hall–Kier alpha value is -2.94. The molecule has 0 radical (unpaired) electrons. The van der Waals surface area contributed by atoms with E-state index in [0.29, 0.717) is 5.56 Å². The molecule has 0 heterocycles. The Morgan fingerprint density at radius 2 is 1.76 bits per heavy atom. The molecule has 2 aromatic carbocycles. The van der Waals surface area contributed by atoms with Crippen LogP contribution in [0.4, 0.5) is 17.1 Å². The number of carbonyl (C=O) groups excluding carboxylic acids is 1. The summed E-state index contributed by atoms with van der Waals surface area (Å²) in [6, 6.07) is 9.84. The van der Waals surface area contributed by atoms with E-state index in [1.165, 1.54) is 18.2 Å². The summed E-state index contributed by atoms with van der Waals surface area (Å²) in [5.41, 5.74) is 3.35. The van der Waals surface area contributed by atoms with Crippen molar-refractivity contribution in [2.45, 2.75) is 33.6 Å². The summed E-state index contributed by atoms with van der Waals surface area (Å²) < 4.78 is 25.7. The summed E-state index contributed by atoms with van der Waals surface area (Å²) >= 11 is 0. The number of non-ortho nitro benzene ring substituents is 1. The van der Waals surface area contributed by atoms with Gasteiger partial charge in [-0.25, -0.2) is 8.42 Å². The summed E-state index contributed by atoms with van der Waals surface area (Å²) in [6.45, 7) is 5.55. The quantitative estimate of drug-likeness (QED) is 0.518. The van der Waals surface area contributed by atoms with Gasteiger partial charge < -0.3 is 5.32 Å². The number of nitrogens with zero attached hydrogens (tertiary/aromatic N) is 2. The summed E-state index contributed by atoms with van der Waals surface area (Å²) in [7, 11) is -3.67. The Morgan fingerprint density at radius 3 is 2.38 bits per heavy atom. The summed E-state index contributed by atoms with van der Waals surface area (Å²) in [6.07, 6.45) is 1.43. The van der Waals surface area contributed by atoms with Gasteiger partial charge in [-0.3, -0.25) is 19.2 Å². The van der Waals surface area contributed by atoms with Crippen molar-refractivity contribution < 1.29 is 18.1 Å². The third kappa shape index (κ3) is 6.02. The predicted octanol–water partition coefficient (Wildman–Crippen LogP) is 3.70. The second kappa shape index (κ2) is 9.04. The average molecular weight is 420 g/mol. The first kappa shape index (κ1) is 22.4. The standard InChI is InChI=1S/C20H25N3O5S/c1-14-7-8-15(2)18(12-14)21-20(24)6-5-11-22(29(4,27)28)19-13-17(23(25)26)10-9-16(19)3/h7-10,12-13H,5-6,11H2,1-4H3,(H,21,24). The number of anilines is 2. The van der Waals surface area contributed by atoms with Crippen molar-refractivity contribution in [3.05, 3.63) is 63.2 Å². The molecule has 0 aromatic heterocycles. The number of rotatable bonds is 8. The van der Waals surface area contributed by atoms with E-state index < -0.39 is 14.9 Å². The van der Waals surface area contributed by atoms with Crippen molar-refractivity contribution in [1.29, 1.82) is 0 Å². The molecule has 0 aliphatic heterocycles. The molecule has 0 saturated carbocycles. The van der Waals surface area contributed by atoms with Gasteiger partial charge >= 0.3 is 0 Å². The largest absolute Gasteiger partial charge is 0.326 e. The van der Waals surface area contributed by atoms with Crippen molar-refractivity contribution in [1.82, 2.24) is 0 Å². The fraction of sp³-hybridized carbons (Fsp3) is 0.350.